The molecule has 1 aliphatic rings. The van der Waals surface area contributed by atoms with Gasteiger partial charge >= 0.3 is 0 Å². The third-order valence-corrected chi connectivity index (χ3v) is 8.50. The van der Waals surface area contributed by atoms with Gasteiger partial charge in [0.25, 0.3) is 0 Å². The van der Waals surface area contributed by atoms with E-state index in [0.717, 1.165) is 0 Å². The lowest BCUT2D eigenvalue weighted by atomic mass is 10.0. The molecule has 3 aromatic rings. The highest BCUT2D eigenvalue weighted by atomic mass is 32.2. The van der Waals surface area contributed by atoms with Crippen molar-refractivity contribution in [1.29, 1.82) is 0 Å². The number of unbranched alkanes of at least 4 members (excludes halogenated alkanes) is 10. The largest absolute Gasteiger partial charge is 0.308 e. The van der Waals surface area contributed by atoms with Crippen molar-refractivity contribution < 1.29 is 0 Å². The Morgan fingerprint density at radius 2 is 1.00 bits per heavy atom. The molecule has 0 fully saturated rings. The summed E-state index contributed by atoms with van der Waals surface area (Å²) in [6.07, 6.45) is 18.6. The van der Waals surface area contributed by atoms with Crippen LogP contribution >= 0.6 is 11.8 Å². The molecule has 0 saturated heterocycles. The molecular weight excluding hydrogens is 454 g/mol. The van der Waals surface area contributed by atoms with Crippen molar-refractivity contribution in [2.75, 3.05) is 4.90 Å². The van der Waals surface area contributed by atoms with Crippen molar-refractivity contribution in [1.82, 2.24) is 0 Å². The van der Waals surface area contributed by atoms with Gasteiger partial charge in [0.15, 0.2) is 0 Å². The summed E-state index contributed by atoms with van der Waals surface area (Å²) in [6.45, 7) is 4.58. The average molecular weight is 500 g/mol. The molecular formula is C34H45NS. The highest BCUT2D eigenvalue weighted by molar-refractivity contribution is 7.99. The molecule has 0 radical (unpaired) electrons. The molecule has 1 nitrogen and oxygen atoms in total. The topological polar surface area (TPSA) is 3.24 Å². The molecule has 2 heteroatoms. The highest BCUT2D eigenvalue weighted by Crippen LogP contribution is 2.51. The van der Waals surface area contributed by atoms with Gasteiger partial charge in [0.2, 0.25) is 0 Å². The van der Waals surface area contributed by atoms with Crippen LogP contribution in [0.5, 0.6) is 0 Å². The van der Waals surface area contributed by atoms with E-state index < -0.39 is 0 Å². The summed E-state index contributed by atoms with van der Waals surface area (Å²) in [6, 6.07) is 25.2. The summed E-state index contributed by atoms with van der Waals surface area (Å²) in [5, 5.41) is 0. The van der Waals surface area contributed by atoms with E-state index in [4.69, 9.17) is 0 Å². The lowest BCUT2D eigenvalue weighted by molar-refractivity contribution is 0.607. The number of hydrogen-bond donors (Lipinski definition) is 0. The SMILES string of the molecule is CCCCCCCCc1ccc2c(c1)Sc1cc(CCCCCCCC)ccc1N2c1ccccc1. The maximum Gasteiger partial charge on any atom is 0.0601 e. The van der Waals surface area contributed by atoms with Gasteiger partial charge < -0.3 is 4.90 Å². The van der Waals surface area contributed by atoms with Gasteiger partial charge in [0.05, 0.1) is 11.4 Å². The van der Waals surface area contributed by atoms with Gasteiger partial charge in [-0.25, -0.2) is 0 Å². The summed E-state index contributed by atoms with van der Waals surface area (Å²) < 4.78 is 0. The number of fused-ring (bicyclic) bond motifs is 2. The highest BCUT2D eigenvalue weighted by Gasteiger charge is 2.25. The predicted molar refractivity (Wildman–Crippen MR) is 159 cm³/mol. The summed E-state index contributed by atoms with van der Waals surface area (Å²) in [5.41, 5.74) is 6.84. The van der Waals surface area contributed by atoms with E-state index >= 15 is 0 Å². The maximum atomic E-state index is 2.46. The van der Waals surface area contributed by atoms with Crippen LogP contribution in [0.15, 0.2) is 76.5 Å². The quantitative estimate of drug-likeness (QED) is 0.150. The fraction of sp³-hybridized carbons (Fsp3) is 0.471. The fourth-order valence-corrected chi connectivity index (χ4v) is 6.47. The Bertz CT molecular complexity index is 993. The van der Waals surface area contributed by atoms with Crippen LogP contribution in [0.1, 0.15) is 102 Å². The van der Waals surface area contributed by atoms with Crippen LogP contribution in [-0.4, -0.2) is 0 Å². The van der Waals surface area contributed by atoms with Gasteiger partial charge in [-0.15, -0.1) is 0 Å². The van der Waals surface area contributed by atoms with Crippen LogP contribution in [-0.2, 0) is 12.8 Å². The molecule has 0 atom stereocenters. The van der Waals surface area contributed by atoms with Crippen LogP contribution in [0.2, 0.25) is 0 Å². The zero-order valence-corrected chi connectivity index (χ0v) is 23.4. The summed E-state index contributed by atoms with van der Waals surface area (Å²) in [4.78, 5) is 5.25. The van der Waals surface area contributed by atoms with Crippen molar-refractivity contribution >= 4 is 28.8 Å². The molecule has 192 valence electrons. The number of rotatable bonds is 15. The van der Waals surface area contributed by atoms with Crippen LogP contribution in [0, 0.1) is 0 Å². The zero-order chi connectivity index (χ0) is 25.0. The Morgan fingerprint density at radius 1 is 0.528 bits per heavy atom. The van der Waals surface area contributed by atoms with E-state index in [0.29, 0.717) is 0 Å². The number of nitrogens with zero attached hydrogens (tertiary/aromatic N) is 1. The summed E-state index contributed by atoms with van der Waals surface area (Å²) in [5.74, 6) is 0. The van der Waals surface area contributed by atoms with Crippen molar-refractivity contribution in [2.45, 2.75) is 114 Å². The molecule has 0 aliphatic carbocycles. The first kappa shape index (κ1) is 26.9. The molecule has 0 amide bonds. The van der Waals surface area contributed by atoms with Gasteiger partial charge in [0, 0.05) is 15.5 Å². The van der Waals surface area contributed by atoms with Crippen LogP contribution in [0.25, 0.3) is 0 Å². The van der Waals surface area contributed by atoms with E-state index in [-0.39, 0.29) is 0 Å². The number of benzene rings is 3. The predicted octanol–water partition coefficient (Wildman–Crippen LogP) is 11.4. The molecule has 0 saturated carbocycles. The first-order valence-corrected chi connectivity index (χ1v) is 15.4. The Morgan fingerprint density at radius 3 is 1.50 bits per heavy atom. The monoisotopic (exact) mass is 499 g/mol. The lowest BCUT2D eigenvalue weighted by Crippen LogP contribution is -2.15. The van der Waals surface area contributed by atoms with Gasteiger partial charge in [-0.05, 0) is 73.2 Å². The average Bonchev–Trinajstić information content (AvgIpc) is 2.91. The Balaban J connectivity index is 1.49. The van der Waals surface area contributed by atoms with Crippen LogP contribution in [0.3, 0.4) is 0 Å². The second-order valence-corrected chi connectivity index (χ2v) is 11.5. The van der Waals surface area contributed by atoms with E-state index in [1.807, 2.05) is 11.8 Å². The minimum absolute atomic E-state index is 1.19. The molecule has 3 aromatic carbocycles. The minimum atomic E-state index is 1.19. The van der Waals surface area contributed by atoms with Crippen molar-refractivity contribution in [2.24, 2.45) is 0 Å². The van der Waals surface area contributed by atoms with E-state index in [9.17, 15) is 0 Å². The first-order chi connectivity index (χ1) is 17.8. The maximum absolute atomic E-state index is 2.46. The van der Waals surface area contributed by atoms with Gasteiger partial charge in [-0.3, -0.25) is 0 Å². The Kier molecular flexibility index (Phi) is 10.8. The lowest BCUT2D eigenvalue weighted by Gasteiger charge is -2.33. The molecule has 0 unspecified atom stereocenters. The van der Waals surface area contributed by atoms with Gasteiger partial charge in [0.1, 0.15) is 0 Å². The molecule has 1 heterocycles. The number of aryl methyl sites for hydroxylation is 2. The third-order valence-electron chi connectivity index (χ3n) is 7.40. The molecule has 1 aliphatic heterocycles. The normalized spacial score (nSPS) is 12.4. The summed E-state index contributed by atoms with van der Waals surface area (Å²) >= 11 is 1.97. The Labute approximate surface area is 224 Å². The molecule has 0 N–H and O–H groups in total. The van der Waals surface area contributed by atoms with Crippen LogP contribution in [0.4, 0.5) is 17.1 Å². The second-order valence-electron chi connectivity index (χ2n) is 10.4. The number of anilines is 3. The minimum Gasteiger partial charge on any atom is -0.308 e. The molecule has 0 bridgehead atoms. The molecule has 36 heavy (non-hydrogen) atoms. The summed E-state index contributed by atoms with van der Waals surface area (Å²) in [7, 11) is 0. The molecule has 0 spiro atoms. The fourth-order valence-electron chi connectivity index (χ4n) is 5.28. The van der Waals surface area contributed by atoms with Gasteiger partial charge in [-0.1, -0.05) is 120 Å². The van der Waals surface area contributed by atoms with Crippen molar-refractivity contribution in [3.05, 3.63) is 77.9 Å². The van der Waals surface area contributed by atoms with Crippen molar-refractivity contribution in [3.8, 4) is 0 Å². The molecule has 4 rings (SSSR count). The second kappa shape index (κ2) is 14.5. The smallest absolute Gasteiger partial charge is 0.0601 e. The first-order valence-electron chi connectivity index (χ1n) is 14.6. The third kappa shape index (κ3) is 7.42. The van der Waals surface area contributed by atoms with Gasteiger partial charge in [-0.2, -0.15) is 0 Å². The van der Waals surface area contributed by atoms with E-state index in [1.54, 1.807) is 0 Å². The van der Waals surface area contributed by atoms with E-state index in [2.05, 4.69) is 85.5 Å². The molecule has 0 aromatic heterocycles. The Hall–Kier alpha value is -2.19. The zero-order valence-electron chi connectivity index (χ0n) is 22.6. The van der Waals surface area contributed by atoms with Crippen molar-refractivity contribution in [3.63, 3.8) is 0 Å². The van der Waals surface area contributed by atoms with E-state index in [1.165, 1.54) is 128 Å². The van der Waals surface area contributed by atoms with Crippen LogP contribution < -0.4 is 4.90 Å². The number of hydrogen-bond acceptors (Lipinski definition) is 2. The number of para-hydroxylation sites is 1. The standard InChI is InChI=1S/C34H45NS/c1-3-5-7-9-11-14-18-28-22-24-31-33(26-28)36-34-27-29(19-15-12-10-8-6-4-2)23-25-32(34)35(31)30-20-16-13-17-21-30/h13,16-17,20-27H,3-12,14-15,18-19H2,1-2H3.